The molecule has 0 aliphatic heterocycles. The van der Waals surface area contributed by atoms with E-state index in [2.05, 4.69) is 154 Å². The average molecular weight is 1020 g/mol. The minimum Gasteiger partial charge on any atom is -0.462 e. The molecule has 0 heterocycles. The SMILES string of the molecule is CC/C=C\C/C=C\C/C=C\C/C=C\C/C=C\C/C=C\C/C=C\C/C=C\C/C=C\CCCCCCCCCC(=O)OCC(COC(=O)CCCCCCCC)OC(=O)CCCCCCC/C=C\C/C=C\CCCCC. The molecular weight excluding hydrogens is 913 g/mol. The minimum absolute atomic E-state index is 0.0895. The smallest absolute Gasteiger partial charge is 0.306 e. The lowest BCUT2D eigenvalue weighted by Crippen LogP contribution is -2.30. The standard InChI is InChI=1S/C68H110O6/c1-4-7-10-13-16-18-20-22-24-25-26-27-28-29-30-31-32-33-34-35-36-37-38-39-40-41-42-43-45-46-48-50-52-55-58-61-67(70)73-64-65(63-72-66(69)60-57-54-15-12-9-6-3)74-68(71)62-59-56-53-51-49-47-44-23-21-19-17-14-11-8-5-2/h7,10,16-19,22-24,26-27,29-30,32-33,35-36,38-39,41-42,44,65H,4-6,8-9,11-15,20-21,25,28,31,34,37,40,43,45-64H2,1-3H3/b10-7-,18-16-,19-17-,24-22-,27-26-,30-29-,33-32-,36-35-,39-38-,42-41-,44-23-. The molecular formula is C68H110O6. The third kappa shape index (κ3) is 58.4. The van der Waals surface area contributed by atoms with Crippen LogP contribution in [0.25, 0.3) is 0 Å². The van der Waals surface area contributed by atoms with Gasteiger partial charge < -0.3 is 14.2 Å². The lowest BCUT2D eigenvalue weighted by Gasteiger charge is -2.18. The van der Waals surface area contributed by atoms with Gasteiger partial charge in [-0.2, -0.15) is 0 Å². The van der Waals surface area contributed by atoms with E-state index >= 15 is 0 Å². The van der Waals surface area contributed by atoms with E-state index in [1.54, 1.807) is 0 Å². The second-order valence-electron chi connectivity index (χ2n) is 19.5. The Hall–Kier alpha value is -4.45. The van der Waals surface area contributed by atoms with Gasteiger partial charge in [-0.1, -0.05) is 251 Å². The molecule has 0 saturated carbocycles. The van der Waals surface area contributed by atoms with Crippen molar-refractivity contribution in [2.45, 2.75) is 264 Å². The summed E-state index contributed by atoms with van der Waals surface area (Å²) in [6, 6.07) is 0. The highest BCUT2D eigenvalue weighted by Gasteiger charge is 2.19. The largest absolute Gasteiger partial charge is 0.462 e. The number of hydrogen-bond donors (Lipinski definition) is 0. The molecule has 0 amide bonds. The molecule has 0 saturated heterocycles. The Balaban J connectivity index is 4.13. The number of carbonyl (C=O) groups is 3. The summed E-state index contributed by atoms with van der Waals surface area (Å²) < 4.78 is 16.7. The van der Waals surface area contributed by atoms with Crippen LogP contribution in [0.15, 0.2) is 134 Å². The molecule has 0 radical (unpaired) electrons. The van der Waals surface area contributed by atoms with Gasteiger partial charge in [-0.15, -0.1) is 0 Å². The molecule has 0 rings (SSSR count). The molecule has 0 aromatic rings. The fourth-order valence-corrected chi connectivity index (χ4v) is 7.88. The van der Waals surface area contributed by atoms with Gasteiger partial charge >= 0.3 is 17.9 Å². The first-order valence-electron chi connectivity index (χ1n) is 30.2. The Morgan fingerprint density at radius 2 is 0.527 bits per heavy atom. The summed E-state index contributed by atoms with van der Waals surface area (Å²) in [5.41, 5.74) is 0. The highest BCUT2D eigenvalue weighted by molar-refractivity contribution is 5.71. The van der Waals surface area contributed by atoms with Crippen LogP contribution in [0.1, 0.15) is 258 Å². The molecule has 1 atom stereocenters. The minimum atomic E-state index is -0.790. The molecule has 0 aromatic heterocycles. The summed E-state index contributed by atoms with van der Waals surface area (Å²) in [6.45, 7) is 6.41. The van der Waals surface area contributed by atoms with Crippen molar-refractivity contribution >= 4 is 17.9 Å². The van der Waals surface area contributed by atoms with E-state index in [1.807, 2.05) is 0 Å². The second-order valence-corrected chi connectivity index (χ2v) is 19.5. The van der Waals surface area contributed by atoms with Gasteiger partial charge in [-0.25, -0.2) is 0 Å². The van der Waals surface area contributed by atoms with E-state index in [9.17, 15) is 14.4 Å². The number of esters is 3. The van der Waals surface area contributed by atoms with E-state index in [-0.39, 0.29) is 31.1 Å². The number of rotatable bonds is 53. The van der Waals surface area contributed by atoms with Gasteiger partial charge in [-0.05, 0) is 122 Å². The number of hydrogen-bond acceptors (Lipinski definition) is 6. The van der Waals surface area contributed by atoms with Crippen molar-refractivity contribution in [3.63, 3.8) is 0 Å². The van der Waals surface area contributed by atoms with E-state index < -0.39 is 6.10 Å². The van der Waals surface area contributed by atoms with Crippen molar-refractivity contribution in [2.24, 2.45) is 0 Å². The fraction of sp³-hybridized carbons (Fsp3) is 0.632. The Morgan fingerprint density at radius 1 is 0.284 bits per heavy atom. The van der Waals surface area contributed by atoms with Crippen molar-refractivity contribution < 1.29 is 28.6 Å². The molecule has 0 aliphatic carbocycles. The molecule has 418 valence electrons. The zero-order valence-corrected chi connectivity index (χ0v) is 47.8. The molecule has 1 unspecified atom stereocenters. The number of ether oxygens (including phenoxy) is 3. The highest BCUT2D eigenvalue weighted by Crippen LogP contribution is 2.14. The number of carbonyl (C=O) groups excluding carboxylic acids is 3. The maximum atomic E-state index is 12.8. The van der Waals surface area contributed by atoms with Crippen LogP contribution in [0.4, 0.5) is 0 Å². The third-order valence-corrected chi connectivity index (χ3v) is 12.4. The van der Waals surface area contributed by atoms with Crippen molar-refractivity contribution in [2.75, 3.05) is 13.2 Å². The predicted octanol–water partition coefficient (Wildman–Crippen LogP) is 20.6. The average Bonchev–Trinajstić information content (AvgIpc) is 3.40. The van der Waals surface area contributed by atoms with Crippen LogP contribution in [0.2, 0.25) is 0 Å². The van der Waals surface area contributed by atoms with Crippen molar-refractivity contribution in [1.29, 1.82) is 0 Å². The molecule has 0 N–H and O–H groups in total. The second kappa shape index (κ2) is 61.1. The lowest BCUT2D eigenvalue weighted by molar-refractivity contribution is -0.167. The summed E-state index contributed by atoms with van der Waals surface area (Å²) >= 11 is 0. The summed E-state index contributed by atoms with van der Waals surface area (Å²) in [5, 5.41) is 0. The molecule has 0 fully saturated rings. The van der Waals surface area contributed by atoms with Crippen LogP contribution < -0.4 is 0 Å². The van der Waals surface area contributed by atoms with E-state index in [0.29, 0.717) is 19.3 Å². The van der Waals surface area contributed by atoms with Crippen LogP contribution in [-0.2, 0) is 28.6 Å². The van der Waals surface area contributed by atoms with Gasteiger partial charge in [0, 0.05) is 19.3 Å². The zero-order valence-electron chi connectivity index (χ0n) is 47.8. The summed E-state index contributed by atoms with van der Waals surface area (Å²) in [7, 11) is 0. The zero-order chi connectivity index (χ0) is 53.6. The summed E-state index contributed by atoms with van der Waals surface area (Å²) in [5.74, 6) is -0.928. The summed E-state index contributed by atoms with van der Waals surface area (Å²) in [6.07, 6.45) is 86.3. The van der Waals surface area contributed by atoms with Crippen molar-refractivity contribution in [1.82, 2.24) is 0 Å². The molecule has 0 spiro atoms. The predicted molar refractivity (Wildman–Crippen MR) is 320 cm³/mol. The van der Waals surface area contributed by atoms with Crippen LogP contribution in [0.3, 0.4) is 0 Å². The van der Waals surface area contributed by atoms with Crippen LogP contribution in [0, 0.1) is 0 Å². The van der Waals surface area contributed by atoms with Gasteiger partial charge in [0.1, 0.15) is 13.2 Å². The van der Waals surface area contributed by atoms with Crippen LogP contribution in [0.5, 0.6) is 0 Å². The molecule has 6 nitrogen and oxygen atoms in total. The topological polar surface area (TPSA) is 78.9 Å². The normalized spacial score (nSPS) is 13.1. The Kier molecular flexibility index (Phi) is 57.4. The van der Waals surface area contributed by atoms with Crippen LogP contribution in [-0.4, -0.2) is 37.2 Å². The first-order chi connectivity index (χ1) is 36.5. The first kappa shape index (κ1) is 69.5. The maximum absolute atomic E-state index is 12.8. The summed E-state index contributed by atoms with van der Waals surface area (Å²) in [4.78, 5) is 37.9. The van der Waals surface area contributed by atoms with E-state index in [0.717, 1.165) is 148 Å². The molecule has 74 heavy (non-hydrogen) atoms. The maximum Gasteiger partial charge on any atom is 0.306 e. The number of unbranched alkanes of at least 4 members (excludes halogenated alkanes) is 20. The first-order valence-corrected chi connectivity index (χ1v) is 30.2. The highest BCUT2D eigenvalue weighted by atomic mass is 16.6. The van der Waals surface area contributed by atoms with Crippen LogP contribution >= 0.6 is 0 Å². The van der Waals surface area contributed by atoms with Gasteiger partial charge in [0.2, 0.25) is 0 Å². The Labute approximate surface area is 455 Å². The third-order valence-electron chi connectivity index (χ3n) is 12.4. The Bertz CT molecular complexity index is 1600. The molecule has 0 aromatic carbocycles. The quantitative estimate of drug-likeness (QED) is 0.0261. The Morgan fingerprint density at radius 3 is 0.851 bits per heavy atom. The van der Waals surface area contributed by atoms with Gasteiger partial charge in [0.15, 0.2) is 6.10 Å². The van der Waals surface area contributed by atoms with Gasteiger partial charge in [-0.3, -0.25) is 14.4 Å². The van der Waals surface area contributed by atoms with Gasteiger partial charge in [0.05, 0.1) is 0 Å². The fourth-order valence-electron chi connectivity index (χ4n) is 7.88. The lowest BCUT2D eigenvalue weighted by atomic mass is 10.1. The molecule has 6 heteroatoms. The molecule has 0 aliphatic rings. The molecule has 0 bridgehead atoms. The monoisotopic (exact) mass is 1020 g/mol. The van der Waals surface area contributed by atoms with E-state index in [1.165, 1.54) is 70.6 Å². The van der Waals surface area contributed by atoms with Crippen molar-refractivity contribution in [3.05, 3.63) is 134 Å². The van der Waals surface area contributed by atoms with Gasteiger partial charge in [0.25, 0.3) is 0 Å². The van der Waals surface area contributed by atoms with E-state index in [4.69, 9.17) is 14.2 Å². The van der Waals surface area contributed by atoms with Crippen molar-refractivity contribution in [3.8, 4) is 0 Å². The number of allylic oxidation sites excluding steroid dienone is 22.